The van der Waals surface area contributed by atoms with Crippen molar-refractivity contribution >= 4 is 22.4 Å². The van der Waals surface area contributed by atoms with Gasteiger partial charge in [0.1, 0.15) is 0 Å². The summed E-state index contributed by atoms with van der Waals surface area (Å²) in [6, 6.07) is 7.75. The summed E-state index contributed by atoms with van der Waals surface area (Å²) in [4.78, 5) is 0. The third-order valence-electron chi connectivity index (χ3n) is 3.40. The Morgan fingerprint density at radius 3 is 2.68 bits per heavy atom. The van der Waals surface area contributed by atoms with Gasteiger partial charge in [-0.15, -0.1) is 10.2 Å². The number of fused-ring (bicyclic) bond motifs is 1. The van der Waals surface area contributed by atoms with Crippen molar-refractivity contribution < 1.29 is 9.47 Å². The average molecular weight is 279 g/mol. The van der Waals surface area contributed by atoms with Gasteiger partial charge in [-0.2, -0.15) is 0 Å². The largest absolute Gasteiger partial charge is 0.476 e. The molecule has 1 saturated heterocycles. The maximum Gasteiger partial charge on any atom is 0.241 e. The zero-order valence-corrected chi connectivity index (χ0v) is 11.3. The normalized spacial score (nSPS) is 16.7. The Hall–Kier alpha value is -1.39. The molecule has 0 spiro atoms. The summed E-state index contributed by atoms with van der Waals surface area (Å²) in [6.45, 7) is 2.30. The first kappa shape index (κ1) is 12.6. The van der Waals surface area contributed by atoms with Gasteiger partial charge in [-0.3, -0.25) is 0 Å². The molecule has 2 aromatic rings. The van der Waals surface area contributed by atoms with Gasteiger partial charge >= 0.3 is 0 Å². The summed E-state index contributed by atoms with van der Waals surface area (Å²) < 4.78 is 11.2. The van der Waals surface area contributed by atoms with Crippen LogP contribution in [0.2, 0.25) is 5.15 Å². The maximum atomic E-state index is 6.03. The number of halogens is 1. The van der Waals surface area contributed by atoms with E-state index in [-0.39, 0.29) is 0 Å². The molecule has 4 nitrogen and oxygen atoms in total. The van der Waals surface area contributed by atoms with Crippen LogP contribution < -0.4 is 4.74 Å². The second kappa shape index (κ2) is 5.72. The van der Waals surface area contributed by atoms with Crippen LogP contribution in [0.5, 0.6) is 5.88 Å². The van der Waals surface area contributed by atoms with Gasteiger partial charge in [-0.1, -0.05) is 29.8 Å². The van der Waals surface area contributed by atoms with E-state index in [9.17, 15) is 0 Å². The lowest BCUT2D eigenvalue weighted by Gasteiger charge is -2.21. The molecule has 0 amide bonds. The minimum Gasteiger partial charge on any atom is -0.476 e. The van der Waals surface area contributed by atoms with Crippen molar-refractivity contribution in [3.63, 3.8) is 0 Å². The maximum absolute atomic E-state index is 6.03. The molecular formula is C14H15ClN2O2. The summed E-state index contributed by atoms with van der Waals surface area (Å²) in [5.41, 5.74) is 0. The Bertz CT molecular complexity index is 570. The number of hydrogen-bond acceptors (Lipinski definition) is 4. The van der Waals surface area contributed by atoms with E-state index in [0.29, 0.717) is 23.6 Å². The fraction of sp³-hybridized carbons (Fsp3) is 0.429. The predicted octanol–water partition coefficient (Wildman–Crippen LogP) is 3.09. The van der Waals surface area contributed by atoms with Crippen molar-refractivity contribution in [2.24, 2.45) is 5.92 Å². The highest BCUT2D eigenvalue weighted by Crippen LogP contribution is 2.27. The van der Waals surface area contributed by atoms with E-state index in [2.05, 4.69) is 10.2 Å². The molecule has 1 aliphatic heterocycles. The number of aromatic nitrogens is 2. The van der Waals surface area contributed by atoms with Crippen LogP contribution in [-0.2, 0) is 4.74 Å². The highest BCUT2D eigenvalue weighted by Gasteiger charge is 2.16. The van der Waals surface area contributed by atoms with Crippen LogP contribution in [0.4, 0.5) is 0 Å². The summed E-state index contributed by atoms with van der Waals surface area (Å²) in [5, 5.41) is 10.2. The fourth-order valence-corrected chi connectivity index (χ4v) is 2.47. The molecule has 0 saturated carbocycles. The summed E-state index contributed by atoms with van der Waals surface area (Å²) >= 11 is 6.03. The van der Waals surface area contributed by atoms with Crippen molar-refractivity contribution in [2.45, 2.75) is 12.8 Å². The van der Waals surface area contributed by atoms with Crippen molar-refractivity contribution in [3.8, 4) is 5.88 Å². The average Bonchev–Trinajstić information content (AvgIpc) is 2.48. The van der Waals surface area contributed by atoms with Gasteiger partial charge in [-0.25, -0.2) is 0 Å². The monoisotopic (exact) mass is 278 g/mol. The number of rotatable bonds is 3. The van der Waals surface area contributed by atoms with Crippen LogP contribution in [0.25, 0.3) is 10.8 Å². The lowest BCUT2D eigenvalue weighted by Crippen LogP contribution is -2.21. The van der Waals surface area contributed by atoms with Crippen LogP contribution >= 0.6 is 11.6 Å². The topological polar surface area (TPSA) is 44.2 Å². The van der Waals surface area contributed by atoms with Crippen molar-refractivity contribution in [3.05, 3.63) is 29.4 Å². The molecule has 1 fully saturated rings. The van der Waals surface area contributed by atoms with Crippen LogP contribution in [-0.4, -0.2) is 30.0 Å². The molecule has 0 unspecified atom stereocenters. The summed E-state index contributed by atoms with van der Waals surface area (Å²) in [6.07, 6.45) is 2.08. The predicted molar refractivity (Wildman–Crippen MR) is 73.6 cm³/mol. The van der Waals surface area contributed by atoms with E-state index in [1.54, 1.807) is 0 Å². The Morgan fingerprint density at radius 2 is 1.89 bits per heavy atom. The molecule has 3 rings (SSSR count). The van der Waals surface area contributed by atoms with E-state index in [0.717, 1.165) is 36.8 Å². The Labute approximate surface area is 116 Å². The molecule has 100 valence electrons. The second-order valence-corrected chi connectivity index (χ2v) is 5.07. The molecule has 1 aliphatic rings. The van der Waals surface area contributed by atoms with E-state index >= 15 is 0 Å². The smallest absolute Gasteiger partial charge is 0.241 e. The quantitative estimate of drug-likeness (QED) is 0.865. The van der Waals surface area contributed by atoms with Gasteiger partial charge < -0.3 is 9.47 Å². The number of benzene rings is 1. The highest BCUT2D eigenvalue weighted by molar-refractivity contribution is 6.34. The third kappa shape index (κ3) is 2.80. The Balaban J connectivity index is 1.79. The first-order valence-electron chi connectivity index (χ1n) is 6.46. The minimum absolute atomic E-state index is 0.411. The number of hydrogen-bond donors (Lipinski definition) is 0. The van der Waals surface area contributed by atoms with Crippen LogP contribution in [0.1, 0.15) is 12.8 Å². The van der Waals surface area contributed by atoms with Gasteiger partial charge in [-0.05, 0) is 24.8 Å². The molecule has 5 heteroatoms. The molecular weight excluding hydrogens is 264 g/mol. The van der Waals surface area contributed by atoms with E-state index in [4.69, 9.17) is 21.1 Å². The van der Waals surface area contributed by atoms with Gasteiger partial charge in [0.15, 0.2) is 5.15 Å². The van der Waals surface area contributed by atoms with E-state index < -0.39 is 0 Å². The van der Waals surface area contributed by atoms with Crippen LogP contribution in [0, 0.1) is 5.92 Å². The first-order chi connectivity index (χ1) is 9.34. The molecule has 0 aliphatic carbocycles. The second-order valence-electron chi connectivity index (χ2n) is 4.71. The first-order valence-corrected chi connectivity index (χ1v) is 6.84. The minimum atomic E-state index is 0.411. The molecule has 19 heavy (non-hydrogen) atoms. The lowest BCUT2D eigenvalue weighted by molar-refractivity contribution is 0.0492. The Morgan fingerprint density at radius 1 is 1.16 bits per heavy atom. The summed E-state index contributed by atoms with van der Waals surface area (Å²) in [7, 11) is 0. The fourth-order valence-electron chi connectivity index (χ4n) is 2.26. The molecule has 1 aromatic carbocycles. The van der Waals surface area contributed by atoms with Crippen LogP contribution in [0.15, 0.2) is 24.3 Å². The molecule has 0 atom stereocenters. The molecule has 1 aromatic heterocycles. The van der Waals surface area contributed by atoms with Gasteiger partial charge in [0.25, 0.3) is 0 Å². The van der Waals surface area contributed by atoms with Crippen LogP contribution in [0.3, 0.4) is 0 Å². The zero-order chi connectivity index (χ0) is 13.1. The molecule has 2 heterocycles. The van der Waals surface area contributed by atoms with Gasteiger partial charge in [0.05, 0.1) is 6.61 Å². The zero-order valence-electron chi connectivity index (χ0n) is 10.5. The van der Waals surface area contributed by atoms with Crippen molar-refractivity contribution in [2.75, 3.05) is 19.8 Å². The summed E-state index contributed by atoms with van der Waals surface area (Å²) in [5.74, 6) is 1.09. The van der Waals surface area contributed by atoms with Gasteiger partial charge in [0, 0.05) is 24.0 Å². The van der Waals surface area contributed by atoms with E-state index in [1.165, 1.54) is 0 Å². The SMILES string of the molecule is Clc1nnc(OCC2CCOCC2)c2ccccc12. The standard InChI is InChI=1S/C14H15ClN2O2/c15-13-11-3-1-2-4-12(11)14(17-16-13)19-9-10-5-7-18-8-6-10/h1-4,10H,5-9H2. The third-order valence-corrected chi connectivity index (χ3v) is 3.68. The molecule has 0 N–H and O–H groups in total. The van der Waals surface area contributed by atoms with Gasteiger partial charge in [0.2, 0.25) is 5.88 Å². The lowest BCUT2D eigenvalue weighted by atomic mass is 10.0. The number of ether oxygens (including phenoxy) is 2. The van der Waals surface area contributed by atoms with Crippen molar-refractivity contribution in [1.82, 2.24) is 10.2 Å². The highest BCUT2D eigenvalue weighted by atomic mass is 35.5. The van der Waals surface area contributed by atoms with Crippen molar-refractivity contribution in [1.29, 1.82) is 0 Å². The van der Waals surface area contributed by atoms with E-state index in [1.807, 2.05) is 24.3 Å². The molecule has 0 radical (unpaired) electrons. The molecule has 0 bridgehead atoms. The number of nitrogens with zero attached hydrogens (tertiary/aromatic N) is 2. The Kier molecular flexibility index (Phi) is 3.80.